The molecule has 0 heterocycles. The summed E-state index contributed by atoms with van der Waals surface area (Å²) in [5.41, 5.74) is -0.774. The van der Waals surface area contributed by atoms with Gasteiger partial charge in [-0.2, -0.15) is 13.2 Å². The van der Waals surface area contributed by atoms with E-state index in [0.29, 0.717) is 11.3 Å². The van der Waals surface area contributed by atoms with Crippen LogP contribution in [0.25, 0.3) is 0 Å². The lowest BCUT2D eigenvalue weighted by Crippen LogP contribution is -2.22. The number of amides is 1. The first-order valence-electron chi connectivity index (χ1n) is 6.69. The Labute approximate surface area is 130 Å². The van der Waals surface area contributed by atoms with E-state index in [0.717, 1.165) is 6.07 Å². The number of ether oxygens (including phenoxy) is 1. The molecule has 7 heteroatoms. The topological polar surface area (TPSA) is 58.6 Å². The molecule has 2 rings (SSSR count). The fourth-order valence-corrected chi connectivity index (χ4v) is 1.94. The van der Waals surface area contributed by atoms with Crippen LogP contribution >= 0.6 is 0 Å². The molecule has 2 aromatic rings. The van der Waals surface area contributed by atoms with Crippen LogP contribution < -0.4 is 10.1 Å². The van der Waals surface area contributed by atoms with Gasteiger partial charge in [0.2, 0.25) is 0 Å². The zero-order valence-electron chi connectivity index (χ0n) is 11.9. The average molecular weight is 325 g/mol. The number of anilines is 1. The Morgan fingerprint density at radius 1 is 1.09 bits per heavy atom. The lowest BCUT2D eigenvalue weighted by molar-refractivity contribution is -0.137. The number of aliphatic hydroxyl groups is 1. The van der Waals surface area contributed by atoms with Crippen LogP contribution in [0.2, 0.25) is 0 Å². The van der Waals surface area contributed by atoms with E-state index in [4.69, 9.17) is 9.84 Å². The van der Waals surface area contributed by atoms with Crippen LogP contribution in [0, 0.1) is 0 Å². The summed E-state index contributed by atoms with van der Waals surface area (Å²) in [6.45, 7) is -0.738. The molecule has 2 aromatic carbocycles. The second-order valence-corrected chi connectivity index (χ2v) is 4.65. The van der Waals surface area contributed by atoms with Crippen molar-refractivity contribution in [1.29, 1.82) is 0 Å². The summed E-state index contributed by atoms with van der Waals surface area (Å²) in [5.74, 6) is -0.427. The minimum atomic E-state index is -4.56. The average Bonchev–Trinajstić information content (AvgIpc) is 2.52. The summed E-state index contributed by atoms with van der Waals surface area (Å²) in [5, 5.41) is 11.3. The van der Waals surface area contributed by atoms with E-state index in [-0.39, 0.29) is 12.3 Å². The van der Waals surface area contributed by atoms with E-state index >= 15 is 0 Å². The quantitative estimate of drug-likeness (QED) is 0.887. The summed E-state index contributed by atoms with van der Waals surface area (Å²) in [6.07, 6.45) is -4.56. The van der Waals surface area contributed by atoms with Gasteiger partial charge in [-0.3, -0.25) is 4.79 Å². The van der Waals surface area contributed by atoms with Gasteiger partial charge in [-0.1, -0.05) is 30.3 Å². The maximum atomic E-state index is 12.8. The number of para-hydroxylation sites is 2. The first kappa shape index (κ1) is 16.8. The third kappa shape index (κ3) is 4.46. The highest BCUT2D eigenvalue weighted by Crippen LogP contribution is 2.34. The highest BCUT2D eigenvalue weighted by Gasteiger charge is 2.33. The van der Waals surface area contributed by atoms with Gasteiger partial charge in [0, 0.05) is 5.56 Å². The number of hydrogen-bond acceptors (Lipinski definition) is 3. The van der Waals surface area contributed by atoms with Crippen molar-refractivity contribution >= 4 is 11.6 Å². The first-order valence-corrected chi connectivity index (χ1v) is 6.69. The van der Waals surface area contributed by atoms with Gasteiger partial charge in [0.15, 0.2) is 6.61 Å². The number of carbonyl (C=O) groups is 1. The van der Waals surface area contributed by atoms with Gasteiger partial charge >= 0.3 is 6.18 Å². The molecule has 0 unspecified atom stereocenters. The van der Waals surface area contributed by atoms with Crippen LogP contribution in [0.1, 0.15) is 11.1 Å². The maximum absolute atomic E-state index is 12.8. The Morgan fingerprint density at radius 3 is 2.43 bits per heavy atom. The number of rotatable bonds is 5. The smallest absolute Gasteiger partial charge is 0.418 e. The molecular weight excluding hydrogens is 311 g/mol. The zero-order chi connectivity index (χ0) is 16.9. The highest BCUT2D eigenvalue weighted by atomic mass is 19.4. The van der Waals surface area contributed by atoms with Gasteiger partial charge in [-0.05, 0) is 18.2 Å². The van der Waals surface area contributed by atoms with Crippen molar-refractivity contribution in [3.8, 4) is 5.75 Å². The summed E-state index contributed by atoms with van der Waals surface area (Å²) in [4.78, 5) is 11.8. The Morgan fingerprint density at radius 2 is 1.74 bits per heavy atom. The minimum absolute atomic E-state index is 0.269. The lowest BCUT2D eigenvalue weighted by Gasteiger charge is -2.14. The van der Waals surface area contributed by atoms with Crippen LogP contribution in [-0.4, -0.2) is 17.6 Å². The largest absolute Gasteiger partial charge is 0.483 e. The molecule has 2 N–H and O–H groups in total. The molecule has 0 aromatic heterocycles. The molecule has 0 atom stereocenters. The number of alkyl halides is 3. The predicted octanol–water partition coefficient (Wildman–Crippen LogP) is 3.22. The van der Waals surface area contributed by atoms with Gasteiger partial charge in [-0.15, -0.1) is 0 Å². The second-order valence-electron chi connectivity index (χ2n) is 4.65. The van der Waals surface area contributed by atoms with Gasteiger partial charge < -0.3 is 15.2 Å². The van der Waals surface area contributed by atoms with E-state index in [1.54, 1.807) is 24.3 Å². The second kappa shape index (κ2) is 7.15. The van der Waals surface area contributed by atoms with Crippen molar-refractivity contribution < 1.29 is 27.8 Å². The normalized spacial score (nSPS) is 11.1. The fraction of sp³-hybridized carbons (Fsp3) is 0.188. The van der Waals surface area contributed by atoms with Crippen molar-refractivity contribution in [2.75, 3.05) is 11.9 Å². The number of benzene rings is 2. The standard InChI is InChI=1S/C16H14F3NO3/c17-16(18,19)12-6-2-3-7-13(12)20-15(22)10-23-14-8-4-1-5-11(14)9-21/h1-8,21H,9-10H2,(H,20,22). The highest BCUT2D eigenvalue weighted by molar-refractivity contribution is 5.92. The molecule has 0 bridgehead atoms. The number of hydrogen-bond donors (Lipinski definition) is 2. The Bertz CT molecular complexity index is 686. The summed E-state index contributed by atoms with van der Waals surface area (Å²) >= 11 is 0. The van der Waals surface area contributed by atoms with Gasteiger partial charge in [0.05, 0.1) is 17.9 Å². The lowest BCUT2D eigenvalue weighted by atomic mass is 10.1. The molecule has 23 heavy (non-hydrogen) atoms. The minimum Gasteiger partial charge on any atom is -0.483 e. The van der Waals surface area contributed by atoms with E-state index in [2.05, 4.69) is 5.32 Å². The molecule has 122 valence electrons. The fourth-order valence-electron chi connectivity index (χ4n) is 1.94. The SMILES string of the molecule is O=C(COc1ccccc1CO)Nc1ccccc1C(F)(F)F. The van der Waals surface area contributed by atoms with Crippen LogP contribution in [0.3, 0.4) is 0 Å². The van der Waals surface area contributed by atoms with E-state index in [1.165, 1.54) is 18.2 Å². The van der Waals surface area contributed by atoms with E-state index in [9.17, 15) is 18.0 Å². The Hall–Kier alpha value is -2.54. The number of carbonyl (C=O) groups excluding carboxylic acids is 1. The van der Waals surface area contributed by atoms with E-state index in [1.807, 2.05) is 0 Å². The summed E-state index contributed by atoms with van der Waals surface area (Å²) in [6, 6.07) is 11.2. The molecule has 0 aliphatic carbocycles. The third-order valence-corrected chi connectivity index (χ3v) is 3.01. The Kier molecular flexibility index (Phi) is 5.23. The van der Waals surface area contributed by atoms with Crippen LogP contribution in [0.15, 0.2) is 48.5 Å². The Balaban J connectivity index is 2.04. The number of aliphatic hydroxyl groups excluding tert-OH is 1. The number of nitrogens with one attached hydrogen (secondary N) is 1. The van der Waals surface area contributed by atoms with Gasteiger partial charge in [0.25, 0.3) is 5.91 Å². The molecular formula is C16H14F3NO3. The maximum Gasteiger partial charge on any atom is 0.418 e. The molecule has 0 aliphatic heterocycles. The molecule has 0 aliphatic rings. The molecule has 0 fully saturated rings. The van der Waals surface area contributed by atoms with Crippen molar-refractivity contribution in [2.24, 2.45) is 0 Å². The van der Waals surface area contributed by atoms with Crippen LogP contribution in [0.5, 0.6) is 5.75 Å². The van der Waals surface area contributed by atoms with E-state index < -0.39 is 24.3 Å². The summed E-state index contributed by atoms with van der Waals surface area (Å²) < 4.78 is 43.7. The third-order valence-electron chi connectivity index (χ3n) is 3.01. The van der Waals surface area contributed by atoms with Crippen LogP contribution in [-0.2, 0) is 17.6 Å². The van der Waals surface area contributed by atoms with Crippen molar-refractivity contribution in [3.63, 3.8) is 0 Å². The van der Waals surface area contributed by atoms with Crippen molar-refractivity contribution in [3.05, 3.63) is 59.7 Å². The molecule has 0 saturated carbocycles. The molecule has 0 radical (unpaired) electrons. The first-order chi connectivity index (χ1) is 10.9. The van der Waals surface area contributed by atoms with Crippen molar-refractivity contribution in [1.82, 2.24) is 0 Å². The molecule has 0 saturated heterocycles. The zero-order valence-corrected chi connectivity index (χ0v) is 11.9. The molecule has 1 amide bonds. The van der Waals surface area contributed by atoms with Crippen LogP contribution in [0.4, 0.5) is 18.9 Å². The molecule has 0 spiro atoms. The summed E-state index contributed by atoms with van der Waals surface area (Å²) in [7, 11) is 0. The number of halogens is 3. The van der Waals surface area contributed by atoms with Gasteiger partial charge in [-0.25, -0.2) is 0 Å². The predicted molar refractivity (Wildman–Crippen MR) is 77.9 cm³/mol. The van der Waals surface area contributed by atoms with Crippen molar-refractivity contribution in [2.45, 2.75) is 12.8 Å². The molecule has 4 nitrogen and oxygen atoms in total. The monoisotopic (exact) mass is 325 g/mol. The van der Waals surface area contributed by atoms with Gasteiger partial charge in [0.1, 0.15) is 5.75 Å².